The summed E-state index contributed by atoms with van der Waals surface area (Å²) in [7, 11) is 1.49. The first-order valence-corrected chi connectivity index (χ1v) is 10.9. The topological polar surface area (TPSA) is 114 Å². The zero-order valence-corrected chi connectivity index (χ0v) is 19.4. The van der Waals surface area contributed by atoms with Gasteiger partial charge < -0.3 is 20.7 Å². The molecular weight excluding hydrogens is 434 g/mol. The molecule has 3 amide bonds. The van der Waals surface area contributed by atoms with E-state index in [4.69, 9.17) is 4.74 Å². The first-order valence-electron chi connectivity index (χ1n) is 10.9. The zero-order chi connectivity index (χ0) is 24.5. The Labute approximate surface area is 198 Å². The van der Waals surface area contributed by atoms with Crippen LogP contribution in [-0.2, 0) is 22.7 Å². The van der Waals surface area contributed by atoms with Crippen LogP contribution in [0.2, 0.25) is 0 Å². The summed E-state index contributed by atoms with van der Waals surface area (Å²) in [4.78, 5) is 37.8. The Morgan fingerprint density at radius 3 is 2.56 bits per heavy atom. The van der Waals surface area contributed by atoms with Gasteiger partial charge in [-0.3, -0.25) is 19.1 Å². The predicted octanol–water partition coefficient (Wildman–Crippen LogP) is 2.60. The van der Waals surface area contributed by atoms with E-state index in [1.807, 2.05) is 19.9 Å². The summed E-state index contributed by atoms with van der Waals surface area (Å²) in [6, 6.07) is 15.1. The molecule has 0 bridgehead atoms. The number of amides is 3. The van der Waals surface area contributed by atoms with Gasteiger partial charge in [-0.2, -0.15) is 5.10 Å². The third kappa shape index (κ3) is 6.68. The maximum atomic E-state index is 12.9. The number of methoxy groups -OCH3 is 1. The van der Waals surface area contributed by atoms with E-state index in [-0.39, 0.29) is 36.7 Å². The van der Waals surface area contributed by atoms with Crippen LogP contribution in [0.4, 0.5) is 5.69 Å². The van der Waals surface area contributed by atoms with E-state index in [0.717, 1.165) is 5.56 Å². The van der Waals surface area contributed by atoms with Gasteiger partial charge in [-0.1, -0.05) is 38.1 Å². The molecule has 0 saturated carbocycles. The molecule has 0 aliphatic rings. The van der Waals surface area contributed by atoms with Gasteiger partial charge in [0.1, 0.15) is 18.3 Å². The molecule has 0 spiro atoms. The number of carbonyl (C=O) groups is 3. The van der Waals surface area contributed by atoms with Crippen LogP contribution in [0, 0.1) is 5.92 Å². The van der Waals surface area contributed by atoms with Crippen molar-refractivity contribution in [2.45, 2.75) is 33.0 Å². The van der Waals surface area contributed by atoms with Gasteiger partial charge in [0.05, 0.1) is 12.7 Å². The van der Waals surface area contributed by atoms with Gasteiger partial charge in [-0.25, -0.2) is 0 Å². The average molecular weight is 464 g/mol. The number of ether oxygens (including phenoxy) is 1. The Hall–Kier alpha value is -4.14. The molecule has 0 saturated heterocycles. The monoisotopic (exact) mass is 463 g/mol. The zero-order valence-electron chi connectivity index (χ0n) is 19.4. The molecule has 178 valence electrons. The summed E-state index contributed by atoms with van der Waals surface area (Å²) >= 11 is 0. The van der Waals surface area contributed by atoms with Crippen LogP contribution < -0.4 is 20.7 Å². The second-order valence-corrected chi connectivity index (χ2v) is 8.07. The van der Waals surface area contributed by atoms with E-state index < -0.39 is 6.04 Å². The minimum atomic E-state index is -0.727. The SMILES string of the molecule is COc1ccccc1C(=O)NC(C(=O)NCc1cccc(NC(=O)Cn2cccn2)c1)C(C)C. The molecule has 0 fully saturated rings. The first-order chi connectivity index (χ1) is 16.4. The molecule has 1 atom stereocenters. The van der Waals surface area contributed by atoms with Crippen molar-refractivity contribution in [1.29, 1.82) is 0 Å². The quantitative estimate of drug-likeness (QED) is 0.428. The van der Waals surface area contributed by atoms with Crippen LogP contribution in [0.5, 0.6) is 5.75 Å². The van der Waals surface area contributed by atoms with Crippen molar-refractivity contribution in [2.24, 2.45) is 5.92 Å². The van der Waals surface area contributed by atoms with Crippen molar-refractivity contribution in [3.8, 4) is 5.75 Å². The van der Waals surface area contributed by atoms with Crippen molar-refractivity contribution >= 4 is 23.4 Å². The molecule has 1 aromatic heterocycles. The Balaban J connectivity index is 1.58. The summed E-state index contributed by atoms with van der Waals surface area (Å²) in [6.07, 6.45) is 3.32. The third-order valence-corrected chi connectivity index (χ3v) is 5.13. The fraction of sp³-hybridized carbons (Fsp3) is 0.280. The number of benzene rings is 2. The van der Waals surface area contributed by atoms with E-state index in [2.05, 4.69) is 21.0 Å². The highest BCUT2D eigenvalue weighted by atomic mass is 16.5. The van der Waals surface area contributed by atoms with Crippen molar-refractivity contribution in [1.82, 2.24) is 20.4 Å². The lowest BCUT2D eigenvalue weighted by Crippen LogP contribution is -2.49. The predicted molar refractivity (Wildman–Crippen MR) is 128 cm³/mol. The minimum Gasteiger partial charge on any atom is -0.496 e. The molecule has 1 unspecified atom stereocenters. The van der Waals surface area contributed by atoms with Gasteiger partial charge >= 0.3 is 0 Å². The number of aromatic nitrogens is 2. The number of carbonyl (C=O) groups excluding carboxylic acids is 3. The number of hydrogen-bond donors (Lipinski definition) is 3. The number of rotatable bonds is 10. The van der Waals surface area contributed by atoms with Crippen LogP contribution in [-0.4, -0.2) is 40.7 Å². The van der Waals surface area contributed by atoms with Gasteiger partial charge in [0.2, 0.25) is 11.8 Å². The summed E-state index contributed by atoms with van der Waals surface area (Å²) in [5, 5.41) is 12.5. The van der Waals surface area contributed by atoms with Crippen LogP contribution in [0.1, 0.15) is 29.8 Å². The van der Waals surface area contributed by atoms with E-state index in [1.54, 1.807) is 60.9 Å². The highest BCUT2D eigenvalue weighted by Crippen LogP contribution is 2.18. The Morgan fingerprint density at radius 1 is 1.06 bits per heavy atom. The summed E-state index contributed by atoms with van der Waals surface area (Å²) in [5.74, 6) is -0.579. The number of nitrogens with one attached hydrogen (secondary N) is 3. The van der Waals surface area contributed by atoms with Crippen molar-refractivity contribution in [2.75, 3.05) is 12.4 Å². The molecule has 34 heavy (non-hydrogen) atoms. The van der Waals surface area contributed by atoms with Gasteiger partial charge in [-0.15, -0.1) is 0 Å². The highest BCUT2D eigenvalue weighted by molar-refractivity contribution is 5.99. The number of anilines is 1. The van der Waals surface area contributed by atoms with Gasteiger partial charge in [0, 0.05) is 24.6 Å². The van der Waals surface area contributed by atoms with E-state index >= 15 is 0 Å². The molecule has 9 nitrogen and oxygen atoms in total. The van der Waals surface area contributed by atoms with Gasteiger partial charge in [0.25, 0.3) is 5.91 Å². The summed E-state index contributed by atoms with van der Waals surface area (Å²) < 4.78 is 6.78. The second-order valence-electron chi connectivity index (χ2n) is 8.07. The lowest BCUT2D eigenvalue weighted by Gasteiger charge is -2.22. The molecule has 9 heteroatoms. The lowest BCUT2D eigenvalue weighted by molar-refractivity contribution is -0.124. The average Bonchev–Trinajstić information content (AvgIpc) is 3.33. The minimum absolute atomic E-state index is 0.107. The second kappa shape index (κ2) is 11.6. The van der Waals surface area contributed by atoms with Crippen molar-refractivity contribution < 1.29 is 19.1 Å². The Kier molecular flexibility index (Phi) is 8.39. The molecule has 0 aliphatic heterocycles. The van der Waals surface area contributed by atoms with E-state index in [9.17, 15) is 14.4 Å². The van der Waals surface area contributed by atoms with Gasteiger partial charge in [0.15, 0.2) is 0 Å². The largest absolute Gasteiger partial charge is 0.496 e. The van der Waals surface area contributed by atoms with E-state index in [0.29, 0.717) is 17.0 Å². The fourth-order valence-electron chi connectivity index (χ4n) is 3.39. The smallest absolute Gasteiger partial charge is 0.255 e. The third-order valence-electron chi connectivity index (χ3n) is 5.13. The summed E-state index contributed by atoms with van der Waals surface area (Å²) in [6.45, 7) is 4.08. The van der Waals surface area contributed by atoms with Crippen LogP contribution >= 0.6 is 0 Å². The highest BCUT2D eigenvalue weighted by Gasteiger charge is 2.25. The van der Waals surface area contributed by atoms with Crippen LogP contribution in [0.3, 0.4) is 0 Å². The molecule has 3 rings (SSSR count). The first kappa shape index (κ1) is 24.5. The Bertz CT molecular complexity index is 1130. The maximum Gasteiger partial charge on any atom is 0.255 e. The van der Waals surface area contributed by atoms with Crippen molar-refractivity contribution in [3.63, 3.8) is 0 Å². The lowest BCUT2D eigenvalue weighted by atomic mass is 10.0. The maximum absolute atomic E-state index is 12.9. The molecule has 1 heterocycles. The standard InChI is InChI=1S/C25H29N5O4/c1-17(2)23(29-24(32)20-10-4-5-11-21(20)34-3)25(33)26-15-18-8-6-9-19(14-18)28-22(31)16-30-13-7-12-27-30/h4-14,17,23H,15-16H2,1-3H3,(H,26,33)(H,28,31)(H,29,32). The number of nitrogens with zero attached hydrogens (tertiary/aromatic N) is 2. The molecule has 3 aromatic rings. The van der Waals surface area contributed by atoms with Crippen LogP contribution in [0.15, 0.2) is 67.0 Å². The normalized spacial score (nSPS) is 11.5. The fourth-order valence-corrected chi connectivity index (χ4v) is 3.39. The molecule has 0 aliphatic carbocycles. The number of hydrogen-bond acceptors (Lipinski definition) is 5. The molecular formula is C25H29N5O4. The number of para-hydroxylation sites is 1. The Morgan fingerprint density at radius 2 is 1.85 bits per heavy atom. The van der Waals surface area contributed by atoms with Crippen molar-refractivity contribution in [3.05, 3.63) is 78.1 Å². The molecule has 2 aromatic carbocycles. The van der Waals surface area contributed by atoms with E-state index in [1.165, 1.54) is 11.8 Å². The molecule has 3 N–H and O–H groups in total. The van der Waals surface area contributed by atoms with Crippen LogP contribution in [0.25, 0.3) is 0 Å². The summed E-state index contributed by atoms with van der Waals surface area (Å²) in [5.41, 5.74) is 1.79. The molecule has 0 radical (unpaired) electrons. The van der Waals surface area contributed by atoms with Gasteiger partial charge in [-0.05, 0) is 41.8 Å².